The molecule has 0 radical (unpaired) electrons. The van der Waals surface area contributed by atoms with Crippen LogP contribution >= 0.6 is 0 Å². The summed E-state index contributed by atoms with van der Waals surface area (Å²) in [5, 5.41) is 0. The highest BCUT2D eigenvalue weighted by molar-refractivity contribution is 5.97. The summed E-state index contributed by atoms with van der Waals surface area (Å²) in [7, 11) is 0. The molecule has 1 aliphatic carbocycles. The molecule has 1 aliphatic rings. The second-order valence-corrected chi connectivity index (χ2v) is 5.34. The maximum Gasteiger partial charge on any atom is 0.176 e. The first-order valence-corrected chi connectivity index (χ1v) is 6.49. The molecule has 1 fully saturated rings. The molecule has 1 aromatic rings. The van der Waals surface area contributed by atoms with E-state index >= 15 is 0 Å². The quantitative estimate of drug-likeness (QED) is 0.701. The zero-order valence-electron chi connectivity index (χ0n) is 10.7. The van der Waals surface area contributed by atoms with Gasteiger partial charge in [-0.3, -0.25) is 9.69 Å². The Morgan fingerprint density at radius 3 is 2.47 bits per heavy atom. The fourth-order valence-corrected chi connectivity index (χ4v) is 2.15. The third-order valence-corrected chi connectivity index (χ3v) is 3.11. The van der Waals surface area contributed by atoms with Gasteiger partial charge in [0.25, 0.3) is 0 Å². The van der Waals surface area contributed by atoms with Gasteiger partial charge in [0.1, 0.15) is 0 Å². The Morgan fingerprint density at radius 1 is 1.29 bits per heavy atom. The maximum absolute atomic E-state index is 12.1. The van der Waals surface area contributed by atoms with Crippen LogP contribution in [-0.4, -0.2) is 29.8 Å². The lowest BCUT2D eigenvalue weighted by Gasteiger charge is -2.23. The van der Waals surface area contributed by atoms with Crippen molar-refractivity contribution in [2.45, 2.75) is 32.7 Å². The van der Waals surface area contributed by atoms with Gasteiger partial charge in [0, 0.05) is 18.2 Å². The molecule has 0 aliphatic heterocycles. The molecule has 1 saturated carbocycles. The molecule has 0 spiro atoms. The molecule has 0 atom stereocenters. The molecule has 0 aromatic heterocycles. The third-order valence-electron chi connectivity index (χ3n) is 3.11. The smallest absolute Gasteiger partial charge is 0.176 e. The fraction of sp³-hybridized carbons (Fsp3) is 0.533. The van der Waals surface area contributed by atoms with Crippen LogP contribution in [0.5, 0.6) is 0 Å². The van der Waals surface area contributed by atoms with Crippen LogP contribution in [0.3, 0.4) is 0 Å². The van der Waals surface area contributed by atoms with Crippen LogP contribution in [0, 0.1) is 5.92 Å². The first kappa shape index (κ1) is 12.3. The number of Topliss-reactive ketones (excluding diaryl/α,β-unsaturated/α-hetero) is 1. The van der Waals surface area contributed by atoms with Gasteiger partial charge in [-0.05, 0) is 18.8 Å². The number of carbonyl (C=O) groups excluding carboxylic acids is 1. The number of carbonyl (C=O) groups is 1. The van der Waals surface area contributed by atoms with Gasteiger partial charge in [-0.25, -0.2) is 0 Å². The van der Waals surface area contributed by atoms with Gasteiger partial charge in [0.15, 0.2) is 5.78 Å². The second-order valence-electron chi connectivity index (χ2n) is 5.34. The molecular weight excluding hydrogens is 210 g/mol. The largest absolute Gasteiger partial charge is 0.293 e. The van der Waals surface area contributed by atoms with E-state index in [-0.39, 0.29) is 5.78 Å². The van der Waals surface area contributed by atoms with Crippen molar-refractivity contribution in [1.29, 1.82) is 0 Å². The minimum Gasteiger partial charge on any atom is -0.293 e. The van der Waals surface area contributed by atoms with E-state index in [1.165, 1.54) is 12.8 Å². The van der Waals surface area contributed by atoms with Gasteiger partial charge in [-0.1, -0.05) is 44.2 Å². The minimum atomic E-state index is 0.248. The summed E-state index contributed by atoms with van der Waals surface area (Å²) in [6, 6.07) is 10.3. The van der Waals surface area contributed by atoms with Crippen LogP contribution in [0.1, 0.15) is 37.0 Å². The summed E-state index contributed by atoms with van der Waals surface area (Å²) in [5.41, 5.74) is 0.835. The summed E-state index contributed by atoms with van der Waals surface area (Å²) in [6.07, 6.45) is 2.52. The van der Waals surface area contributed by atoms with Crippen molar-refractivity contribution in [3.63, 3.8) is 0 Å². The summed E-state index contributed by atoms with van der Waals surface area (Å²) in [6.45, 7) is 6.03. The lowest BCUT2D eigenvalue weighted by molar-refractivity contribution is 0.0915. The highest BCUT2D eigenvalue weighted by Crippen LogP contribution is 2.27. The minimum absolute atomic E-state index is 0.248. The monoisotopic (exact) mass is 231 g/mol. The SMILES string of the molecule is CC(C)CN(CC(=O)c1ccccc1)C1CC1. The van der Waals surface area contributed by atoms with Crippen molar-refractivity contribution in [2.24, 2.45) is 5.92 Å². The number of ketones is 1. The maximum atomic E-state index is 12.1. The molecule has 92 valence electrons. The molecular formula is C15H21NO. The third kappa shape index (κ3) is 3.67. The van der Waals surface area contributed by atoms with E-state index in [1.807, 2.05) is 30.3 Å². The van der Waals surface area contributed by atoms with E-state index < -0.39 is 0 Å². The molecule has 0 bridgehead atoms. The molecule has 0 N–H and O–H groups in total. The number of nitrogens with zero attached hydrogens (tertiary/aromatic N) is 1. The highest BCUT2D eigenvalue weighted by Gasteiger charge is 2.30. The van der Waals surface area contributed by atoms with E-state index in [4.69, 9.17) is 0 Å². The van der Waals surface area contributed by atoms with Gasteiger partial charge < -0.3 is 0 Å². The van der Waals surface area contributed by atoms with Gasteiger partial charge in [0.05, 0.1) is 6.54 Å². The van der Waals surface area contributed by atoms with Crippen molar-refractivity contribution < 1.29 is 4.79 Å². The summed E-state index contributed by atoms with van der Waals surface area (Å²) in [4.78, 5) is 14.5. The number of rotatable bonds is 6. The number of hydrogen-bond acceptors (Lipinski definition) is 2. The van der Waals surface area contributed by atoms with Crippen LogP contribution in [0.2, 0.25) is 0 Å². The average Bonchev–Trinajstić information content (AvgIpc) is 3.12. The van der Waals surface area contributed by atoms with Crippen molar-refractivity contribution in [1.82, 2.24) is 4.90 Å². The summed E-state index contributed by atoms with van der Waals surface area (Å²) in [5.74, 6) is 0.873. The van der Waals surface area contributed by atoms with E-state index in [0.29, 0.717) is 18.5 Å². The Balaban J connectivity index is 1.96. The summed E-state index contributed by atoms with van der Waals surface area (Å²) < 4.78 is 0. The molecule has 2 heteroatoms. The molecule has 0 amide bonds. The molecule has 17 heavy (non-hydrogen) atoms. The van der Waals surface area contributed by atoms with Crippen LogP contribution in [0.15, 0.2) is 30.3 Å². The Kier molecular flexibility index (Phi) is 3.95. The van der Waals surface area contributed by atoms with Crippen molar-refractivity contribution in [3.05, 3.63) is 35.9 Å². The topological polar surface area (TPSA) is 20.3 Å². The number of hydrogen-bond donors (Lipinski definition) is 0. The van der Waals surface area contributed by atoms with E-state index in [0.717, 1.165) is 12.1 Å². The highest BCUT2D eigenvalue weighted by atomic mass is 16.1. The van der Waals surface area contributed by atoms with Crippen molar-refractivity contribution >= 4 is 5.78 Å². The molecule has 2 nitrogen and oxygen atoms in total. The van der Waals surface area contributed by atoms with E-state index in [2.05, 4.69) is 18.7 Å². The lowest BCUT2D eigenvalue weighted by Crippen LogP contribution is -2.34. The number of benzene rings is 1. The summed E-state index contributed by atoms with van der Waals surface area (Å²) >= 11 is 0. The Hall–Kier alpha value is -1.15. The van der Waals surface area contributed by atoms with E-state index in [9.17, 15) is 4.79 Å². The Morgan fingerprint density at radius 2 is 1.94 bits per heavy atom. The Labute approximate surface area is 104 Å². The van der Waals surface area contributed by atoms with E-state index in [1.54, 1.807) is 0 Å². The lowest BCUT2D eigenvalue weighted by atomic mass is 10.1. The van der Waals surface area contributed by atoms with Gasteiger partial charge in [0.2, 0.25) is 0 Å². The Bertz CT molecular complexity index is 368. The average molecular weight is 231 g/mol. The zero-order valence-corrected chi connectivity index (χ0v) is 10.7. The molecule has 0 unspecified atom stereocenters. The first-order valence-electron chi connectivity index (χ1n) is 6.49. The van der Waals surface area contributed by atoms with Crippen LogP contribution < -0.4 is 0 Å². The normalized spacial score (nSPS) is 15.5. The zero-order chi connectivity index (χ0) is 12.3. The fourth-order valence-electron chi connectivity index (χ4n) is 2.15. The molecule has 0 saturated heterocycles. The second kappa shape index (κ2) is 5.46. The van der Waals surface area contributed by atoms with Gasteiger partial charge in [-0.2, -0.15) is 0 Å². The van der Waals surface area contributed by atoms with Crippen molar-refractivity contribution in [2.75, 3.05) is 13.1 Å². The van der Waals surface area contributed by atoms with Crippen LogP contribution in [-0.2, 0) is 0 Å². The van der Waals surface area contributed by atoms with Gasteiger partial charge in [-0.15, -0.1) is 0 Å². The van der Waals surface area contributed by atoms with Crippen molar-refractivity contribution in [3.8, 4) is 0 Å². The predicted molar refractivity (Wildman–Crippen MR) is 70.2 cm³/mol. The molecule has 1 aromatic carbocycles. The van der Waals surface area contributed by atoms with Crippen LogP contribution in [0.4, 0.5) is 0 Å². The predicted octanol–water partition coefficient (Wildman–Crippen LogP) is 2.99. The first-order chi connectivity index (χ1) is 8.16. The van der Waals surface area contributed by atoms with Gasteiger partial charge >= 0.3 is 0 Å². The molecule has 0 heterocycles. The molecule has 2 rings (SSSR count). The van der Waals surface area contributed by atoms with Crippen LogP contribution in [0.25, 0.3) is 0 Å². The standard InChI is InChI=1S/C15H21NO/c1-12(2)10-16(14-8-9-14)11-15(17)13-6-4-3-5-7-13/h3-7,12,14H,8-11H2,1-2H3.